The Bertz CT molecular complexity index is 625. The molecule has 0 spiro atoms. The van der Waals surface area contributed by atoms with Crippen LogP contribution in [0.25, 0.3) is 0 Å². The van der Waals surface area contributed by atoms with Crippen molar-refractivity contribution in [1.82, 2.24) is 10.2 Å². The number of hydrogen-bond donors (Lipinski definition) is 1. The lowest BCUT2D eigenvalue weighted by Gasteiger charge is -2.11. The van der Waals surface area contributed by atoms with Gasteiger partial charge in [0.2, 0.25) is 5.13 Å². The Morgan fingerprint density at radius 1 is 1.35 bits per heavy atom. The molecule has 0 aliphatic heterocycles. The van der Waals surface area contributed by atoms with Crippen molar-refractivity contribution >= 4 is 34.0 Å². The first-order chi connectivity index (χ1) is 9.51. The Balaban J connectivity index is 2.14. The number of aryl methyl sites for hydroxylation is 2. The van der Waals surface area contributed by atoms with Crippen molar-refractivity contribution < 1.29 is 4.79 Å². The van der Waals surface area contributed by atoms with Gasteiger partial charge in [0.15, 0.2) is 10.1 Å². The maximum atomic E-state index is 12.5. The molecule has 0 radical (unpaired) electrons. The molecule has 4 nitrogen and oxygen atoms in total. The van der Waals surface area contributed by atoms with Crippen LogP contribution < -0.4 is 5.32 Å². The molecule has 2 aromatic rings. The largest absolute Gasteiger partial charge is 0.363 e. The second kappa shape index (κ2) is 6.37. The average molecular weight is 307 g/mol. The molecule has 1 atom stereocenters. The third-order valence-electron chi connectivity index (χ3n) is 2.93. The summed E-state index contributed by atoms with van der Waals surface area (Å²) in [5, 5.41) is 11.6. The van der Waals surface area contributed by atoms with Crippen LogP contribution in [0.4, 0.5) is 5.13 Å². The number of nitrogens with one attached hydrogen (secondary N) is 1. The van der Waals surface area contributed by atoms with Crippen molar-refractivity contribution in [2.75, 3.05) is 12.4 Å². The predicted octanol–water partition coefficient (Wildman–Crippen LogP) is 3.56. The molecule has 0 bridgehead atoms. The minimum atomic E-state index is -0.173. The molecule has 2 rings (SSSR count). The second-order valence-corrected chi connectivity index (χ2v) is 7.13. The van der Waals surface area contributed by atoms with Crippen molar-refractivity contribution in [2.24, 2.45) is 0 Å². The molecule has 1 N–H and O–H groups in total. The molecule has 0 aliphatic rings. The van der Waals surface area contributed by atoms with E-state index in [4.69, 9.17) is 0 Å². The molecule has 6 heteroatoms. The van der Waals surface area contributed by atoms with Gasteiger partial charge in [0.05, 0.1) is 5.25 Å². The minimum Gasteiger partial charge on any atom is -0.363 e. The molecule has 0 saturated carbocycles. The maximum absolute atomic E-state index is 12.5. The topological polar surface area (TPSA) is 54.9 Å². The van der Waals surface area contributed by atoms with Crippen molar-refractivity contribution in [1.29, 1.82) is 0 Å². The van der Waals surface area contributed by atoms with E-state index >= 15 is 0 Å². The standard InChI is InChI=1S/C14H17N3OS2/c1-8-5-6-9(2)11(7-8)12(18)10(3)19-14-17-16-13(15-4)20-14/h5-7,10H,1-4H3,(H,15,16)/t10-/m0/s1. The van der Waals surface area contributed by atoms with Gasteiger partial charge in [-0.2, -0.15) is 0 Å². The monoisotopic (exact) mass is 307 g/mol. The van der Waals surface area contributed by atoms with E-state index in [2.05, 4.69) is 15.5 Å². The number of anilines is 1. The zero-order valence-electron chi connectivity index (χ0n) is 11.9. The highest BCUT2D eigenvalue weighted by Gasteiger charge is 2.20. The van der Waals surface area contributed by atoms with Crippen molar-refractivity contribution in [3.8, 4) is 0 Å². The first kappa shape index (κ1) is 15.0. The first-order valence-electron chi connectivity index (χ1n) is 6.30. The summed E-state index contributed by atoms with van der Waals surface area (Å²) in [5.41, 5.74) is 2.91. The predicted molar refractivity (Wildman–Crippen MR) is 85.0 cm³/mol. The fourth-order valence-electron chi connectivity index (χ4n) is 1.78. The van der Waals surface area contributed by atoms with Crippen LogP contribution in [0, 0.1) is 13.8 Å². The summed E-state index contributed by atoms with van der Waals surface area (Å²) < 4.78 is 0.806. The zero-order chi connectivity index (χ0) is 14.7. The van der Waals surface area contributed by atoms with Gasteiger partial charge in [0.25, 0.3) is 0 Å². The normalized spacial score (nSPS) is 12.2. The van der Waals surface area contributed by atoms with Gasteiger partial charge in [-0.05, 0) is 32.4 Å². The number of ketones is 1. The van der Waals surface area contributed by atoms with Gasteiger partial charge < -0.3 is 5.32 Å². The van der Waals surface area contributed by atoms with Crippen molar-refractivity contribution in [3.63, 3.8) is 0 Å². The highest BCUT2D eigenvalue weighted by Crippen LogP contribution is 2.30. The first-order valence-corrected chi connectivity index (χ1v) is 8.00. The van der Waals surface area contributed by atoms with Crippen LogP contribution in [0.2, 0.25) is 0 Å². The lowest BCUT2D eigenvalue weighted by atomic mass is 10.0. The van der Waals surface area contributed by atoms with Gasteiger partial charge in [0, 0.05) is 12.6 Å². The average Bonchev–Trinajstić information content (AvgIpc) is 2.88. The SMILES string of the molecule is CNc1nnc(S[C@@H](C)C(=O)c2cc(C)ccc2C)s1. The minimum absolute atomic E-state index is 0.136. The van der Waals surface area contributed by atoms with E-state index in [9.17, 15) is 4.79 Å². The molecular formula is C14H17N3OS2. The van der Waals surface area contributed by atoms with Crippen LogP contribution in [0.15, 0.2) is 22.5 Å². The van der Waals surface area contributed by atoms with Crippen LogP contribution in [0.5, 0.6) is 0 Å². The molecule has 0 unspecified atom stereocenters. The number of rotatable bonds is 5. The van der Waals surface area contributed by atoms with Crippen LogP contribution in [0.1, 0.15) is 28.4 Å². The smallest absolute Gasteiger partial charge is 0.206 e. The summed E-state index contributed by atoms with van der Waals surface area (Å²) >= 11 is 2.91. The second-order valence-electron chi connectivity index (χ2n) is 4.57. The Labute approximate surface area is 127 Å². The molecule has 1 aromatic heterocycles. The number of nitrogens with zero attached hydrogens (tertiary/aromatic N) is 2. The zero-order valence-corrected chi connectivity index (χ0v) is 13.6. The molecule has 0 saturated heterocycles. The Hall–Kier alpha value is -1.40. The van der Waals surface area contributed by atoms with Gasteiger partial charge in [-0.1, -0.05) is 40.8 Å². The number of hydrogen-bond acceptors (Lipinski definition) is 6. The van der Waals surface area contributed by atoms with Gasteiger partial charge >= 0.3 is 0 Å². The Kier molecular flexibility index (Phi) is 4.77. The highest BCUT2D eigenvalue weighted by molar-refractivity contribution is 8.02. The number of carbonyl (C=O) groups excluding carboxylic acids is 1. The van der Waals surface area contributed by atoms with E-state index in [1.165, 1.54) is 23.1 Å². The number of carbonyl (C=O) groups is 1. The molecular weight excluding hydrogens is 290 g/mol. The lowest BCUT2D eigenvalue weighted by Crippen LogP contribution is -2.15. The third-order valence-corrected chi connectivity index (χ3v) is 5.05. The van der Waals surface area contributed by atoms with Gasteiger partial charge in [-0.25, -0.2) is 0 Å². The number of benzene rings is 1. The quantitative estimate of drug-likeness (QED) is 0.676. The summed E-state index contributed by atoms with van der Waals surface area (Å²) in [5.74, 6) is 0.136. The molecule has 106 valence electrons. The van der Waals surface area contributed by atoms with E-state index in [0.717, 1.165) is 26.2 Å². The summed E-state index contributed by atoms with van der Waals surface area (Å²) in [4.78, 5) is 12.5. The van der Waals surface area contributed by atoms with Crippen LogP contribution in [-0.4, -0.2) is 28.3 Å². The number of aromatic nitrogens is 2. The van der Waals surface area contributed by atoms with E-state index < -0.39 is 0 Å². The summed E-state index contributed by atoms with van der Waals surface area (Å²) in [6.45, 7) is 5.88. The maximum Gasteiger partial charge on any atom is 0.206 e. The summed E-state index contributed by atoms with van der Waals surface area (Å²) in [6.07, 6.45) is 0. The lowest BCUT2D eigenvalue weighted by molar-refractivity contribution is 0.0993. The third kappa shape index (κ3) is 3.37. The Morgan fingerprint density at radius 3 is 2.75 bits per heavy atom. The van der Waals surface area contributed by atoms with Gasteiger partial charge in [0.1, 0.15) is 0 Å². The fourth-order valence-corrected chi connectivity index (χ4v) is 3.70. The van der Waals surface area contributed by atoms with Crippen molar-refractivity contribution in [2.45, 2.75) is 30.4 Å². The van der Waals surface area contributed by atoms with Gasteiger partial charge in [-0.3, -0.25) is 4.79 Å². The summed E-state index contributed by atoms with van der Waals surface area (Å²) in [7, 11) is 1.81. The molecule has 0 amide bonds. The number of thioether (sulfide) groups is 1. The van der Waals surface area contributed by atoms with E-state index in [0.29, 0.717) is 0 Å². The van der Waals surface area contributed by atoms with E-state index in [-0.39, 0.29) is 11.0 Å². The number of Topliss-reactive ketones (excluding diaryl/α,β-unsaturated/α-hetero) is 1. The molecule has 0 fully saturated rings. The Morgan fingerprint density at radius 2 is 2.10 bits per heavy atom. The fraction of sp³-hybridized carbons (Fsp3) is 0.357. The molecule has 0 aliphatic carbocycles. The van der Waals surface area contributed by atoms with Crippen molar-refractivity contribution in [3.05, 3.63) is 34.9 Å². The molecule has 20 heavy (non-hydrogen) atoms. The molecule has 1 heterocycles. The van der Waals surface area contributed by atoms with Crippen LogP contribution in [0.3, 0.4) is 0 Å². The highest BCUT2D eigenvalue weighted by atomic mass is 32.2. The van der Waals surface area contributed by atoms with E-state index in [1.54, 1.807) is 7.05 Å². The van der Waals surface area contributed by atoms with Crippen LogP contribution >= 0.6 is 23.1 Å². The van der Waals surface area contributed by atoms with Crippen LogP contribution in [-0.2, 0) is 0 Å². The van der Waals surface area contributed by atoms with Gasteiger partial charge in [-0.15, -0.1) is 10.2 Å². The summed E-state index contributed by atoms with van der Waals surface area (Å²) in [6, 6.07) is 5.96. The van der Waals surface area contributed by atoms with E-state index in [1.807, 2.05) is 39.0 Å². The molecule has 1 aromatic carbocycles.